The highest BCUT2D eigenvalue weighted by Crippen LogP contribution is 2.36. The molecule has 5 heteroatoms. The Morgan fingerprint density at radius 2 is 1.55 bits per heavy atom. The topological polar surface area (TPSA) is 49.9 Å². The number of ether oxygens (including phenoxy) is 1. The number of nitrogens with zero attached hydrogens (tertiary/aromatic N) is 2. The maximum atomic E-state index is 12.5. The summed E-state index contributed by atoms with van der Waals surface area (Å²) in [6.07, 6.45) is 2.82. The predicted molar refractivity (Wildman–Crippen MR) is 132 cm³/mol. The fraction of sp³-hybridized carbons (Fsp3) is 0.286. The van der Waals surface area contributed by atoms with Crippen LogP contribution in [-0.4, -0.2) is 31.6 Å². The largest absolute Gasteiger partial charge is 0.462 e. The average molecular weight is 443 g/mol. The second-order valence-electron chi connectivity index (χ2n) is 8.20. The Morgan fingerprint density at radius 3 is 2.15 bits per heavy atom. The molecule has 1 aliphatic rings. The van der Waals surface area contributed by atoms with Gasteiger partial charge in [0.05, 0.1) is 12.2 Å². The predicted octanol–water partition coefficient (Wildman–Crippen LogP) is 5.54. The second-order valence-corrected chi connectivity index (χ2v) is 8.20. The molecule has 0 bridgehead atoms. The normalized spacial score (nSPS) is 12.4. The van der Waals surface area contributed by atoms with Crippen molar-refractivity contribution >= 4 is 28.9 Å². The highest BCUT2D eigenvalue weighted by atomic mass is 16.5. The molecule has 3 aromatic rings. The van der Waals surface area contributed by atoms with Gasteiger partial charge < -0.3 is 14.5 Å². The molecule has 0 saturated heterocycles. The smallest absolute Gasteiger partial charge is 0.338 e. The fourth-order valence-electron chi connectivity index (χ4n) is 4.48. The van der Waals surface area contributed by atoms with E-state index >= 15 is 0 Å². The summed E-state index contributed by atoms with van der Waals surface area (Å²) in [6.45, 7) is 5.01. The number of hydrogen-bond acceptors (Lipinski definition) is 4. The van der Waals surface area contributed by atoms with Crippen molar-refractivity contribution in [1.82, 2.24) is 0 Å². The molecule has 33 heavy (non-hydrogen) atoms. The number of aryl methyl sites for hydroxylation is 2. The van der Waals surface area contributed by atoms with Crippen LogP contribution in [0.5, 0.6) is 0 Å². The van der Waals surface area contributed by atoms with Crippen LogP contribution in [0.3, 0.4) is 0 Å². The molecule has 0 unspecified atom stereocenters. The molecule has 170 valence electrons. The zero-order valence-electron chi connectivity index (χ0n) is 19.3. The van der Waals surface area contributed by atoms with Gasteiger partial charge in [0.1, 0.15) is 0 Å². The molecule has 0 N–H and O–H groups in total. The Morgan fingerprint density at radius 1 is 0.909 bits per heavy atom. The number of carbonyl (C=O) groups excluding carboxylic acids is 2. The summed E-state index contributed by atoms with van der Waals surface area (Å²) in [5, 5.41) is 0. The van der Waals surface area contributed by atoms with E-state index in [1.807, 2.05) is 6.07 Å². The van der Waals surface area contributed by atoms with E-state index in [4.69, 9.17) is 4.74 Å². The van der Waals surface area contributed by atoms with Gasteiger partial charge in [0.2, 0.25) is 5.91 Å². The van der Waals surface area contributed by atoms with Gasteiger partial charge >= 0.3 is 5.97 Å². The Kier molecular flexibility index (Phi) is 7.08. The molecule has 0 saturated carbocycles. The third-order valence-corrected chi connectivity index (χ3v) is 6.04. The Labute approximate surface area is 195 Å². The summed E-state index contributed by atoms with van der Waals surface area (Å²) in [6, 6.07) is 24.2. The van der Waals surface area contributed by atoms with Crippen molar-refractivity contribution in [2.24, 2.45) is 0 Å². The zero-order chi connectivity index (χ0) is 23.2. The lowest BCUT2D eigenvalue weighted by Gasteiger charge is -2.29. The Bertz CT molecular complexity index is 1090. The number of anilines is 3. The van der Waals surface area contributed by atoms with Crippen molar-refractivity contribution in [3.63, 3.8) is 0 Å². The van der Waals surface area contributed by atoms with Crippen LogP contribution in [0.15, 0.2) is 72.8 Å². The molecule has 0 atom stereocenters. The van der Waals surface area contributed by atoms with Gasteiger partial charge in [0.25, 0.3) is 0 Å². The summed E-state index contributed by atoms with van der Waals surface area (Å²) >= 11 is 0. The van der Waals surface area contributed by atoms with Gasteiger partial charge in [0, 0.05) is 37.1 Å². The minimum absolute atomic E-state index is 0.0484. The molecule has 1 aliphatic heterocycles. The third kappa shape index (κ3) is 5.08. The average Bonchev–Trinajstić information content (AvgIpc) is 2.99. The molecular weight excluding hydrogens is 412 g/mol. The number of esters is 1. The van der Waals surface area contributed by atoms with E-state index in [0.29, 0.717) is 24.4 Å². The Balaban J connectivity index is 1.54. The van der Waals surface area contributed by atoms with E-state index in [9.17, 15) is 9.59 Å². The van der Waals surface area contributed by atoms with Crippen LogP contribution in [0.25, 0.3) is 0 Å². The van der Waals surface area contributed by atoms with Crippen LogP contribution < -0.4 is 9.80 Å². The molecular formula is C28H30N2O3. The van der Waals surface area contributed by atoms with Crippen molar-refractivity contribution < 1.29 is 14.3 Å². The number of carbonyl (C=O) groups is 2. The van der Waals surface area contributed by atoms with Gasteiger partial charge in [-0.25, -0.2) is 4.79 Å². The van der Waals surface area contributed by atoms with Crippen molar-refractivity contribution in [3.8, 4) is 0 Å². The molecule has 0 aromatic heterocycles. The minimum Gasteiger partial charge on any atom is -0.462 e. The van der Waals surface area contributed by atoms with E-state index < -0.39 is 0 Å². The van der Waals surface area contributed by atoms with E-state index in [1.54, 1.807) is 36.9 Å². The fourth-order valence-corrected chi connectivity index (χ4v) is 4.48. The minimum atomic E-state index is -0.374. The Hall–Kier alpha value is -3.60. The molecule has 0 fully saturated rings. The molecule has 3 aromatic carbocycles. The van der Waals surface area contributed by atoms with Crippen molar-refractivity contribution in [1.29, 1.82) is 0 Å². The molecule has 5 nitrogen and oxygen atoms in total. The SMILES string of the molecule is CCOC(=O)c1cccc(N(CCCN2c3ccccc3CCc3ccccc32)C(C)=O)c1. The summed E-state index contributed by atoms with van der Waals surface area (Å²) in [5.41, 5.74) is 6.33. The van der Waals surface area contributed by atoms with E-state index in [0.717, 1.165) is 25.8 Å². The molecule has 0 spiro atoms. The first kappa shape index (κ1) is 22.6. The maximum Gasteiger partial charge on any atom is 0.338 e. The first-order valence-corrected chi connectivity index (χ1v) is 11.6. The van der Waals surface area contributed by atoms with Crippen LogP contribution in [0.4, 0.5) is 17.1 Å². The monoisotopic (exact) mass is 442 g/mol. The zero-order valence-corrected chi connectivity index (χ0v) is 19.3. The number of para-hydroxylation sites is 2. The quantitative estimate of drug-likeness (QED) is 0.451. The molecule has 1 heterocycles. The van der Waals surface area contributed by atoms with Gasteiger partial charge in [-0.1, -0.05) is 42.5 Å². The molecule has 0 radical (unpaired) electrons. The maximum absolute atomic E-state index is 12.5. The van der Waals surface area contributed by atoms with Gasteiger partial charge in [-0.2, -0.15) is 0 Å². The summed E-state index contributed by atoms with van der Waals surface area (Å²) in [7, 11) is 0. The number of hydrogen-bond donors (Lipinski definition) is 0. The van der Waals surface area contributed by atoms with Gasteiger partial charge in [-0.05, 0) is 67.6 Å². The van der Waals surface area contributed by atoms with E-state index in [1.165, 1.54) is 22.5 Å². The van der Waals surface area contributed by atoms with Gasteiger partial charge in [-0.15, -0.1) is 0 Å². The summed E-state index contributed by atoms with van der Waals surface area (Å²) in [5.74, 6) is -0.423. The standard InChI is InChI=1S/C28H30N2O3/c1-3-33-28(32)24-12-8-13-25(20-24)29(21(2)31)18-9-19-30-26-14-6-4-10-22(26)16-17-23-11-5-7-15-27(23)30/h4-8,10-15,20H,3,9,16-19H2,1-2H3. The second kappa shape index (κ2) is 10.3. The summed E-state index contributed by atoms with van der Waals surface area (Å²) in [4.78, 5) is 28.7. The van der Waals surface area contributed by atoms with Crippen LogP contribution >= 0.6 is 0 Å². The number of fused-ring (bicyclic) bond motifs is 2. The van der Waals surface area contributed by atoms with E-state index in [-0.39, 0.29) is 11.9 Å². The lowest BCUT2D eigenvalue weighted by molar-refractivity contribution is -0.116. The highest BCUT2D eigenvalue weighted by molar-refractivity contribution is 5.95. The van der Waals surface area contributed by atoms with Crippen molar-refractivity contribution in [3.05, 3.63) is 89.5 Å². The molecule has 0 aliphatic carbocycles. The number of rotatable bonds is 7. The van der Waals surface area contributed by atoms with Crippen LogP contribution in [0.2, 0.25) is 0 Å². The van der Waals surface area contributed by atoms with Gasteiger partial charge in [0.15, 0.2) is 0 Å². The van der Waals surface area contributed by atoms with Gasteiger partial charge in [-0.3, -0.25) is 4.79 Å². The third-order valence-electron chi connectivity index (χ3n) is 6.04. The lowest BCUT2D eigenvalue weighted by Crippen LogP contribution is -2.32. The van der Waals surface area contributed by atoms with E-state index in [2.05, 4.69) is 53.4 Å². The number of amides is 1. The van der Waals surface area contributed by atoms with Crippen molar-refractivity contribution in [2.45, 2.75) is 33.1 Å². The van der Waals surface area contributed by atoms with Crippen molar-refractivity contribution in [2.75, 3.05) is 29.5 Å². The molecule has 4 rings (SSSR count). The van der Waals surface area contributed by atoms with Crippen LogP contribution in [-0.2, 0) is 22.4 Å². The first-order chi connectivity index (χ1) is 16.1. The van der Waals surface area contributed by atoms with Crippen LogP contribution in [0.1, 0.15) is 41.8 Å². The summed E-state index contributed by atoms with van der Waals surface area (Å²) < 4.78 is 5.11. The first-order valence-electron chi connectivity index (χ1n) is 11.6. The molecule has 1 amide bonds. The van der Waals surface area contributed by atoms with Crippen LogP contribution in [0, 0.1) is 0 Å². The highest BCUT2D eigenvalue weighted by Gasteiger charge is 2.21. The lowest BCUT2D eigenvalue weighted by atomic mass is 10.0. The number of benzene rings is 3.